The summed E-state index contributed by atoms with van der Waals surface area (Å²) >= 11 is 1.52. The van der Waals surface area contributed by atoms with Gasteiger partial charge < -0.3 is 19.8 Å². The average Bonchev–Trinajstić information content (AvgIpc) is 3.41. The van der Waals surface area contributed by atoms with Crippen molar-refractivity contribution < 1.29 is 13.9 Å². The number of furan rings is 1. The maximum Gasteiger partial charge on any atom is 0.291 e. The Morgan fingerprint density at radius 2 is 1.79 bits per heavy atom. The molecule has 0 radical (unpaired) electrons. The zero-order valence-corrected chi connectivity index (χ0v) is 20.0. The molecule has 2 N–H and O–H groups in total. The molecule has 0 saturated carbocycles. The molecule has 0 unspecified atom stereocenters. The first-order chi connectivity index (χ1) is 15.9. The number of benzene rings is 1. The van der Waals surface area contributed by atoms with Crippen LogP contribution in [0.25, 0.3) is 0 Å². The van der Waals surface area contributed by atoms with Crippen molar-refractivity contribution >= 4 is 28.2 Å². The molecule has 4 rings (SSSR count). The van der Waals surface area contributed by atoms with Gasteiger partial charge in [-0.05, 0) is 57.5 Å². The van der Waals surface area contributed by atoms with Crippen LogP contribution in [-0.2, 0) is 0 Å². The van der Waals surface area contributed by atoms with Crippen LogP contribution in [-0.4, -0.2) is 23.0 Å². The van der Waals surface area contributed by atoms with Crippen molar-refractivity contribution in [2.45, 2.75) is 33.7 Å². The van der Waals surface area contributed by atoms with E-state index in [2.05, 4.69) is 27.5 Å². The lowest BCUT2D eigenvalue weighted by atomic mass is 9.95. The third-order valence-corrected chi connectivity index (χ3v) is 6.54. The molecule has 1 aromatic carbocycles. The molecule has 33 heavy (non-hydrogen) atoms. The largest absolute Gasteiger partial charge is 0.496 e. The fourth-order valence-corrected chi connectivity index (χ4v) is 4.88. The molecule has 0 saturated heterocycles. The molecular weight excluding hydrogens is 436 g/mol. The predicted octanol–water partition coefficient (Wildman–Crippen LogP) is 5.83. The number of ether oxygens (including phenoxy) is 1. The zero-order valence-electron chi connectivity index (χ0n) is 19.2. The number of amides is 1. The van der Waals surface area contributed by atoms with E-state index in [1.165, 1.54) is 17.6 Å². The van der Waals surface area contributed by atoms with E-state index in [0.717, 1.165) is 43.7 Å². The van der Waals surface area contributed by atoms with Gasteiger partial charge in [-0.2, -0.15) is 0 Å². The zero-order chi connectivity index (χ0) is 23.5. The standard InChI is InChI=1S/C25H26N4O3S/c1-14-13-15(2)27-25(26-14)28-22(18-9-6-7-10-19(18)31-5)21-16(3)17(4)33-24(21)29-23(30)20-11-8-12-32-20/h6-13,22H,1-5H3,(H,29,30)(H,26,27,28)/t22-/m0/s1. The minimum atomic E-state index is -0.362. The van der Waals surface area contributed by atoms with Crippen molar-refractivity contribution in [2.75, 3.05) is 17.7 Å². The van der Waals surface area contributed by atoms with E-state index in [-0.39, 0.29) is 17.7 Å². The van der Waals surface area contributed by atoms with Gasteiger partial charge >= 0.3 is 0 Å². The third-order valence-electron chi connectivity index (χ3n) is 5.40. The Hall–Kier alpha value is -3.65. The highest BCUT2D eigenvalue weighted by molar-refractivity contribution is 7.16. The van der Waals surface area contributed by atoms with Gasteiger partial charge in [-0.25, -0.2) is 9.97 Å². The van der Waals surface area contributed by atoms with Crippen molar-refractivity contribution in [3.8, 4) is 5.75 Å². The number of hydrogen-bond acceptors (Lipinski definition) is 7. The molecule has 0 aliphatic rings. The molecular formula is C25H26N4O3S. The van der Waals surface area contributed by atoms with E-state index in [4.69, 9.17) is 9.15 Å². The summed E-state index contributed by atoms with van der Waals surface area (Å²) in [5, 5.41) is 7.27. The lowest BCUT2D eigenvalue weighted by Crippen LogP contribution is -2.19. The molecule has 3 aromatic heterocycles. The highest BCUT2D eigenvalue weighted by Gasteiger charge is 2.28. The molecule has 4 aromatic rings. The Morgan fingerprint density at radius 3 is 2.45 bits per heavy atom. The second kappa shape index (κ2) is 9.46. The van der Waals surface area contributed by atoms with Crippen molar-refractivity contribution in [1.82, 2.24) is 9.97 Å². The number of para-hydroxylation sites is 1. The molecule has 3 heterocycles. The summed E-state index contributed by atoms with van der Waals surface area (Å²) in [7, 11) is 1.65. The molecule has 0 bridgehead atoms. The van der Waals surface area contributed by atoms with E-state index < -0.39 is 0 Å². The van der Waals surface area contributed by atoms with Gasteiger partial charge in [-0.3, -0.25) is 4.79 Å². The molecule has 0 aliphatic carbocycles. The van der Waals surface area contributed by atoms with Crippen LogP contribution in [0.2, 0.25) is 0 Å². The second-order valence-electron chi connectivity index (χ2n) is 7.75. The molecule has 170 valence electrons. The van der Waals surface area contributed by atoms with Gasteiger partial charge in [-0.15, -0.1) is 11.3 Å². The van der Waals surface area contributed by atoms with E-state index in [1.807, 2.05) is 51.1 Å². The number of carbonyl (C=O) groups is 1. The number of aromatic nitrogens is 2. The van der Waals surface area contributed by atoms with Crippen LogP contribution < -0.4 is 15.4 Å². The van der Waals surface area contributed by atoms with Crippen LogP contribution in [0.1, 0.15) is 49.6 Å². The number of anilines is 2. The number of aryl methyl sites for hydroxylation is 3. The summed E-state index contributed by atoms with van der Waals surface area (Å²) in [6.07, 6.45) is 1.48. The van der Waals surface area contributed by atoms with Gasteiger partial charge in [0.2, 0.25) is 5.95 Å². The molecule has 0 fully saturated rings. The van der Waals surface area contributed by atoms with Gasteiger partial charge in [0, 0.05) is 27.4 Å². The van der Waals surface area contributed by atoms with Crippen LogP contribution in [0, 0.1) is 27.7 Å². The molecule has 8 heteroatoms. The van der Waals surface area contributed by atoms with E-state index in [0.29, 0.717) is 5.95 Å². The minimum Gasteiger partial charge on any atom is -0.496 e. The monoisotopic (exact) mass is 462 g/mol. The Balaban J connectivity index is 1.84. The number of carbonyl (C=O) groups excluding carboxylic acids is 1. The number of hydrogen-bond donors (Lipinski definition) is 2. The van der Waals surface area contributed by atoms with Crippen molar-refractivity contribution in [3.63, 3.8) is 0 Å². The molecule has 0 aliphatic heterocycles. The number of methoxy groups -OCH3 is 1. The normalized spacial score (nSPS) is 11.8. The summed E-state index contributed by atoms with van der Waals surface area (Å²) in [4.78, 5) is 23.1. The van der Waals surface area contributed by atoms with Crippen LogP contribution in [0.5, 0.6) is 5.75 Å². The lowest BCUT2D eigenvalue weighted by molar-refractivity contribution is 0.0997. The first-order valence-corrected chi connectivity index (χ1v) is 11.4. The number of nitrogens with one attached hydrogen (secondary N) is 2. The first kappa shape index (κ1) is 22.5. The summed E-state index contributed by atoms with van der Waals surface area (Å²) < 4.78 is 11.0. The minimum absolute atomic E-state index is 0.254. The molecule has 1 atom stereocenters. The third kappa shape index (κ3) is 4.75. The van der Waals surface area contributed by atoms with Gasteiger partial charge in [0.15, 0.2) is 5.76 Å². The summed E-state index contributed by atoms with van der Waals surface area (Å²) in [6, 6.07) is 12.7. The average molecular weight is 463 g/mol. The summed E-state index contributed by atoms with van der Waals surface area (Å²) in [5.74, 6) is 1.19. The maximum atomic E-state index is 12.8. The second-order valence-corrected chi connectivity index (χ2v) is 8.98. The number of nitrogens with zero attached hydrogens (tertiary/aromatic N) is 2. The molecule has 1 amide bonds. The Kier molecular flexibility index (Phi) is 6.46. The maximum absolute atomic E-state index is 12.8. The van der Waals surface area contributed by atoms with E-state index in [9.17, 15) is 4.79 Å². The molecule has 7 nitrogen and oxygen atoms in total. The summed E-state index contributed by atoms with van der Waals surface area (Å²) in [5.41, 5.74) is 4.66. The van der Waals surface area contributed by atoms with Gasteiger partial charge in [0.1, 0.15) is 10.8 Å². The van der Waals surface area contributed by atoms with Crippen LogP contribution in [0.3, 0.4) is 0 Å². The van der Waals surface area contributed by atoms with Crippen molar-refractivity contribution in [2.24, 2.45) is 0 Å². The first-order valence-electron chi connectivity index (χ1n) is 10.5. The highest BCUT2D eigenvalue weighted by Crippen LogP contribution is 2.43. The van der Waals surface area contributed by atoms with Crippen molar-refractivity contribution in [1.29, 1.82) is 0 Å². The van der Waals surface area contributed by atoms with E-state index >= 15 is 0 Å². The van der Waals surface area contributed by atoms with Crippen molar-refractivity contribution in [3.05, 3.63) is 87.4 Å². The highest BCUT2D eigenvalue weighted by atomic mass is 32.1. The SMILES string of the molecule is COc1ccccc1[C@H](Nc1nc(C)cc(C)n1)c1c(NC(=O)c2ccco2)sc(C)c1C. The summed E-state index contributed by atoms with van der Waals surface area (Å²) in [6.45, 7) is 7.97. The van der Waals surface area contributed by atoms with Gasteiger partial charge in [0.05, 0.1) is 19.4 Å². The number of rotatable bonds is 7. The fourth-order valence-electron chi connectivity index (χ4n) is 3.79. The topological polar surface area (TPSA) is 89.3 Å². The van der Waals surface area contributed by atoms with E-state index in [1.54, 1.807) is 19.2 Å². The van der Waals surface area contributed by atoms with Crippen LogP contribution in [0.4, 0.5) is 10.9 Å². The van der Waals surface area contributed by atoms with Crippen LogP contribution >= 0.6 is 11.3 Å². The predicted molar refractivity (Wildman–Crippen MR) is 130 cm³/mol. The fraction of sp³-hybridized carbons (Fsp3) is 0.240. The Morgan fingerprint density at radius 1 is 1.06 bits per heavy atom. The van der Waals surface area contributed by atoms with Gasteiger partial charge in [0.25, 0.3) is 5.91 Å². The molecule has 0 spiro atoms. The number of thiophene rings is 1. The van der Waals surface area contributed by atoms with Gasteiger partial charge in [-0.1, -0.05) is 18.2 Å². The lowest BCUT2D eigenvalue weighted by Gasteiger charge is -2.23. The Labute approximate surface area is 196 Å². The van der Waals surface area contributed by atoms with Crippen LogP contribution in [0.15, 0.2) is 53.1 Å². The quantitative estimate of drug-likeness (QED) is 0.359. The Bertz CT molecular complexity index is 1260. The smallest absolute Gasteiger partial charge is 0.291 e.